The Kier molecular flexibility index (Phi) is 7.21. The van der Waals surface area contributed by atoms with Gasteiger partial charge in [-0.15, -0.1) is 0 Å². The molecule has 3 atom stereocenters. The van der Waals surface area contributed by atoms with E-state index in [1.807, 2.05) is 29.2 Å². The second-order valence-electron chi connectivity index (χ2n) is 11.8. The third-order valence-corrected chi connectivity index (χ3v) is 8.97. The molecule has 3 unspecified atom stereocenters. The SMILES string of the molecule is CC1CCC(N2CC(CC#N)(n3cc(-c4ncnc5[nH]ccc45)cn3)C2)CC(N(C)C(=O)c2cc(F)cc(C#N)c2)C1. The van der Waals surface area contributed by atoms with Crippen LogP contribution in [0.15, 0.2) is 49.2 Å². The van der Waals surface area contributed by atoms with Gasteiger partial charge in [-0.2, -0.15) is 15.6 Å². The molecule has 42 heavy (non-hydrogen) atoms. The van der Waals surface area contributed by atoms with Crippen LogP contribution in [-0.2, 0) is 5.54 Å². The number of aromatic amines is 1. The number of hydrogen-bond donors (Lipinski definition) is 1. The molecule has 1 aliphatic carbocycles. The summed E-state index contributed by atoms with van der Waals surface area (Å²) in [5.41, 5.74) is 2.31. The number of benzene rings is 1. The minimum Gasteiger partial charge on any atom is -0.346 e. The van der Waals surface area contributed by atoms with Gasteiger partial charge in [0.2, 0.25) is 0 Å². The monoisotopic (exact) mass is 565 g/mol. The molecule has 1 aliphatic heterocycles. The number of likely N-dealkylation sites (tertiary alicyclic amines) is 1. The van der Waals surface area contributed by atoms with Crippen LogP contribution in [0.2, 0.25) is 0 Å². The average molecular weight is 566 g/mol. The third kappa shape index (κ3) is 5.01. The number of hydrogen-bond acceptors (Lipinski definition) is 7. The lowest BCUT2D eigenvalue weighted by Gasteiger charge is -2.53. The molecule has 1 saturated carbocycles. The number of amides is 1. The molecular formula is C31H32FN9O. The molecular weight excluding hydrogens is 533 g/mol. The summed E-state index contributed by atoms with van der Waals surface area (Å²) < 4.78 is 16.0. The van der Waals surface area contributed by atoms with Crippen molar-refractivity contribution >= 4 is 16.9 Å². The summed E-state index contributed by atoms with van der Waals surface area (Å²) in [4.78, 5) is 29.4. The average Bonchev–Trinajstić information content (AvgIpc) is 3.61. The lowest BCUT2D eigenvalue weighted by molar-refractivity contribution is -0.0344. The topological polar surface area (TPSA) is 131 Å². The first-order valence-corrected chi connectivity index (χ1v) is 14.2. The van der Waals surface area contributed by atoms with Crippen molar-refractivity contribution in [1.29, 1.82) is 10.5 Å². The van der Waals surface area contributed by atoms with Crippen LogP contribution in [0.4, 0.5) is 4.39 Å². The number of fused-ring (bicyclic) bond motifs is 1. The van der Waals surface area contributed by atoms with Gasteiger partial charge in [-0.25, -0.2) is 14.4 Å². The summed E-state index contributed by atoms with van der Waals surface area (Å²) in [6.07, 6.45) is 11.1. The number of H-pyrrole nitrogens is 1. The molecule has 11 heteroatoms. The molecule has 0 spiro atoms. The smallest absolute Gasteiger partial charge is 0.253 e. The van der Waals surface area contributed by atoms with E-state index in [1.165, 1.54) is 18.5 Å². The molecule has 2 aliphatic rings. The van der Waals surface area contributed by atoms with E-state index in [-0.39, 0.29) is 29.1 Å². The summed E-state index contributed by atoms with van der Waals surface area (Å²) in [5, 5.41) is 24.6. The van der Waals surface area contributed by atoms with Crippen LogP contribution in [0.1, 0.15) is 54.9 Å². The minimum absolute atomic E-state index is 0.0300. The second-order valence-corrected chi connectivity index (χ2v) is 11.8. The molecule has 0 bridgehead atoms. The van der Waals surface area contributed by atoms with Crippen LogP contribution in [0.5, 0.6) is 0 Å². The highest BCUT2D eigenvalue weighted by Gasteiger charge is 2.48. The Balaban J connectivity index is 1.19. The summed E-state index contributed by atoms with van der Waals surface area (Å²) >= 11 is 0. The molecule has 2 fully saturated rings. The van der Waals surface area contributed by atoms with Crippen LogP contribution in [0.25, 0.3) is 22.3 Å². The quantitative estimate of drug-likeness (QED) is 0.341. The van der Waals surface area contributed by atoms with Gasteiger partial charge in [0.25, 0.3) is 5.91 Å². The zero-order chi connectivity index (χ0) is 29.4. The number of nitrogens with one attached hydrogen (secondary N) is 1. The van der Waals surface area contributed by atoms with Gasteiger partial charge in [-0.05, 0) is 55.9 Å². The Labute approximate surface area is 243 Å². The summed E-state index contributed by atoms with van der Waals surface area (Å²) in [6, 6.07) is 10.2. The van der Waals surface area contributed by atoms with Crippen LogP contribution in [-0.4, -0.2) is 72.7 Å². The predicted octanol–water partition coefficient (Wildman–Crippen LogP) is 4.48. The maximum absolute atomic E-state index is 14.1. The zero-order valence-electron chi connectivity index (χ0n) is 23.7. The molecule has 4 aromatic rings. The van der Waals surface area contributed by atoms with Crippen molar-refractivity contribution in [1.82, 2.24) is 34.5 Å². The first kappa shape index (κ1) is 27.6. The normalized spacial score (nSPS) is 22.1. The highest BCUT2D eigenvalue weighted by molar-refractivity contribution is 5.94. The fourth-order valence-electron chi connectivity index (χ4n) is 6.64. The lowest BCUT2D eigenvalue weighted by Crippen LogP contribution is -2.65. The molecule has 1 N–H and O–H groups in total. The Morgan fingerprint density at radius 3 is 2.83 bits per heavy atom. The highest BCUT2D eigenvalue weighted by Crippen LogP contribution is 2.39. The van der Waals surface area contributed by atoms with E-state index < -0.39 is 11.4 Å². The van der Waals surface area contributed by atoms with Crippen molar-refractivity contribution in [3.05, 3.63) is 66.1 Å². The molecule has 10 nitrogen and oxygen atoms in total. The standard InChI is InChI=1S/C31H32FN9O/c1-20-3-4-25(13-26(9-20)39(2)30(42)22-10-21(14-34)11-24(32)12-22)40-17-31(18-40,6-7-33)41-16-23(15-38-41)28-27-5-8-35-29(27)37-19-36-28/h5,8,10-12,15-16,19-20,25-26H,3-4,6,9,13,17-18H2,1-2H3,(H,35,36,37). The number of nitrogens with zero attached hydrogens (tertiary/aromatic N) is 8. The summed E-state index contributed by atoms with van der Waals surface area (Å²) in [7, 11) is 1.77. The van der Waals surface area contributed by atoms with E-state index in [9.17, 15) is 19.7 Å². The number of carbonyl (C=O) groups excluding carboxylic acids is 1. The first-order valence-electron chi connectivity index (χ1n) is 14.2. The Bertz CT molecular complexity index is 1710. The number of nitriles is 2. The van der Waals surface area contributed by atoms with Crippen molar-refractivity contribution in [3.8, 4) is 23.4 Å². The van der Waals surface area contributed by atoms with Crippen molar-refractivity contribution < 1.29 is 9.18 Å². The largest absolute Gasteiger partial charge is 0.346 e. The molecule has 6 rings (SSSR count). The predicted molar refractivity (Wildman–Crippen MR) is 153 cm³/mol. The van der Waals surface area contributed by atoms with E-state index in [1.54, 1.807) is 18.1 Å². The van der Waals surface area contributed by atoms with Crippen LogP contribution in [0.3, 0.4) is 0 Å². The molecule has 1 saturated heterocycles. The van der Waals surface area contributed by atoms with E-state index in [0.717, 1.165) is 54.0 Å². The van der Waals surface area contributed by atoms with E-state index in [2.05, 4.69) is 37.9 Å². The second kappa shape index (κ2) is 11.0. The number of rotatable bonds is 6. The minimum atomic E-state index is -0.591. The maximum atomic E-state index is 14.1. The molecule has 3 aromatic heterocycles. The fraction of sp³-hybridized carbons (Fsp3) is 0.419. The van der Waals surface area contributed by atoms with Crippen LogP contribution >= 0.6 is 0 Å². The first-order chi connectivity index (χ1) is 20.3. The zero-order valence-corrected chi connectivity index (χ0v) is 23.7. The van der Waals surface area contributed by atoms with Crippen molar-refractivity contribution in [2.24, 2.45) is 5.92 Å². The van der Waals surface area contributed by atoms with Gasteiger partial charge in [0.05, 0.1) is 36.0 Å². The summed E-state index contributed by atoms with van der Waals surface area (Å²) in [5.74, 6) is -0.447. The fourth-order valence-corrected chi connectivity index (χ4v) is 6.64. The van der Waals surface area contributed by atoms with Gasteiger partial charge in [0.1, 0.15) is 23.3 Å². The van der Waals surface area contributed by atoms with Gasteiger partial charge in [-0.1, -0.05) is 6.92 Å². The third-order valence-electron chi connectivity index (χ3n) is 8.97. The highest BCUT2D eigenvalue weighted by atomic mass is 19.1. The van der Waals surface area contributed by atoms with Crippen LogP contribution in [0, 0.1) is 34.4 Å². The van der Waals surface area contributed by atoms with Crippen molar-refractivity contribution in [3.63, 3.8) is 0 Å². The Morgan fingerprint density at radius 2 is 2.05 bits per heavy atom. The Morgan fingerprint density at radius 1 is 1.21 bits per heavy atom. The van der Waals surface area contributed by atoms with E-state index >= 15 is 0 Å². The lowest BCUT2D eigenvalue weighted by atomic mass is 9.84. The molecule has 0 radical (unpaired) electrons. The van der Waals surface area contributed by atoms with Crippen LogP contribution < -0.4 is 0 Å². The molecule has 1 aromatic carbocycles. The van der Waals surface area contributed by atoms with Crippen molar-refractivity contribution in [2.75, 3.05) is 20.1 Å². The van der Waals surface area contributed by atoms with E-state index in [4.69, 9.17) is 0 Å². The van der Waals surface area contributed by atoms with Crippen molar-refractivity contribution in [2.45, 2.75) is 56.7 Å². The van der Waals surface area contributed by atoms with Gasteiger partial charge >= 0.3 is 0 Å². The molecule has 214 valence electrons. The van der Waals surface area contributed by atoms with Gasteiger partial charge in [0, 0.05) is 61.1 Å². The Hall–Kier alpha value is -4.61. The molecule has 1 amide bonds. The summed E-state index contributed by atoms with van der Waals surface area (Å²) in [6.45, 7) is 3.58. The van der Waals surface area contributed by atoms with Gasteiger partial charge in [0.15, 0.2) is 0 Å². The molecule has 4 heterocycles. The number of halogens is 1. The van der Waals surface area contributed by atoms with Gasteiger partial charge in [-0.3, -0.25) is 14.4 Å². The van der Waals surface area contributed by atoms with Gasteiger partial charge < -0.3 is 9.88 Å². The maximum Gasteiger partial charge on any atom is 0.253 e. The van der Waals surface area contributed by atoms with E-state index in [0.29, 0.717) is 25.4 Å². The number of aromatic nitrogens is 5. The number of carbonyl (C=O) groups is 1.